The van der Waals surface area contributed by atoms with Gasteiger partial charge in [0.15, 0.2) is 0 Å². The lowest BCUT2D eigenvalue weighted by molar-refractivity contribution is -0.142. The molecule has 0 unspecified atom stereocenters. The molecule has 2 aromatic rings. The number of aromatic amines is 1. The van der Waals surface area contributed by atoms with E-state index in [-0.39, 0.29) is 36.3 Å². The number of fused-ring (bicyclic) bond motifs is 2. The summed E-state index contributed by atoms with van der Waals surface area (Å²) in [6, 6.07) is 8.52. The van der Waals surface area contributed by atoms with Crippen LogP contribution < -0.4 is 0 Å². The van der Waals surface area contributed by atoms with Crippen LogP contribution in [0.1, 0.15) is 36.7 Å². The standard InChI is InChI=1S/C23H29N5O2.CH2O2/c1-2-20-19(23(30)27-10-7-16-5-3-4-6-17(16)12-27)11-18-13-26(15-22(29)28(18)20)14-21-24-8-9-25-21;2-1-3/h3-6,8-9,18-20H,2,7,10-15H2,1H3,(H,24,25);1H,(H,2,3)/t18-,19-,20-;/m1./s1. The summed E-state index contributed by atoms with van der Waals surface area (Å²) < 4.78 is 0. The lowest BCUT2D eigenvalue weighted by Gasteiger charge is -2.39. The molecular weight excluding hydrogens is 422 g/mol. The number of rotatable bonds is 4. The van der Waals surface area contributed by atoms with Gasteiger partial charge in [0.05, 0.1) is 19.0 Å². The topological polar surface area (TPSA) is 110 Å². The van der Waals surface area contributed by atoms with Crippen molar-refractivity contribution in [2.75, 3.05) is 19.6 Å². The number of aromatic nitrogens is 2. The monoisotopic (exact) mass is 453 g/mol. The van der Waals surface area contributed by atoms with Crippen molar-refractivity contribution in [1.82, 2.24) is 24.7 Å². The zero-order valence-corrected chi connectivity index (χ0v) is 18.9. The van der Waals surface area contributed by atoms with E-state index in [0.29, 0.717) is 19.6 Å². The second-order valence-corrected chi connectivity index (χ2v) is 8.86. The largest absolute Gasteiger partial charge is 0.483 e. The lowest BCUT2D eigenvalue weighted by Crippen LogP contribution is -2.56. The van der Waals surface area contributed by atoms with Crippen molar-refractivity contribution in [2.24, 2.45) is 5.92 Å². The Morgan fingerprint density at radius 2 is 2.03 bits per heavy atom. The minimum atomic E-state index is -0.250. The van der Waals surface area contributed by atoms with Crippen LogP contribution in [-0.2, 0) is 33.9 Å². The van der Waals surface area contributed by atoms with Gasteiger partial charge in [-0.2, -0.15) is 0 Å². The average molecular weight is 454 g/mol. The number of carboxylic acid groups (broad SMARTS) is 1. The number of carbonyl (C=O) groups excluding carboxylic acids is 2. The van der Waals surface area contributed by atoms with Gasteiger partial charge in [-0.3, -0.25) is 19.3 Å². The molecule has 0 aliphatic carbocycles. The molecule has 5 rings (SSSR count). The molecule has 2 amide bonds. The molecule has 176 valence electrons. The Hall–Kier alpha value is -3.20. The molecular formula is C24H31N5O4. The van der Waals surface area contributed by atoms with Gasteiger partial charge < -0.3 is 19.9 Å². The zero-order chi connectivity index (χ0) is 23.4. The number of piperazine rings is 1. The SMILES string of the molecule is CC[C@@H]1[C@H](C(=O)N2CCc3ccccc3C2)C[C@@H]2CN(Cc3ncc[nH]3)CC(=O)N21.O=CO. The average Bonchev–Trinajstić information content (AvgIpc) is 3.46. The molecule has 2 saturated heterocycles. The molecule has 3 aliphatic heterocycles. The molecule has 0 spiro atoms. The number of benzene rings is 1. The Bertz CT molecular complexity index is 979. The van der Waals surface area contributed by atoms with Crippen LogP contribution in [0.2, 0.25) is 0 Å². The number of hydrogen-bond donors (Lipinski definition) is 2. The van der Waals surface area contributed by atoms with Gasteiger partial charge in [-0.1, -0.05) is 31.2 Å². The number of nitrogens with one attached hydrogen (secondary N) is 1. The first kappa shape index (κ1) is 23.0. The van der Waals surface area contributed by atoms with Crippen molar-refractivity contribution >= 4 is 18.3 Å². The van der Waals surface area contributed by atoms with Crippen LogP contribution in [0.4, 0.5) is 0 Å². The summed E-state index contributed by atoms with van der Waals surface area (Å²) in [5, 5.41) is 6.89. The zero-order valence-electron chi connectivity index (χ0n) is 18.9. The molecule has 2 fully saturated rings. The fourth-order valence-electron chi connectivity index (χ4n) is 5.60. The van der Waals surface area contributed by atoms with Gasteiger partial charge in [0.25, 0.3) is 6.47 Å². The van der Waals surface area contributed by atoms with E-state index in [1.54, 1.807) is 6.20 Å². The van der Waals surface area contributed by atoms with Gasteiger partial charge in [0, 0.05) is 44.1 Å². The molecule has 9 nitrogen and oxygen atoms in total. The van der Waals surface area contributed by atoms with Crippen LogP contribution in [0.15, 0.2) is 36.7 Å². The number of amides is 2. The smallest absolute Gasteiger partial charge is 0.290 e. The van der Waals surface area contributed by atoms with E-state index in [1.807, 2.05) is 22.1 Å². The van der Waals surface area contributed by atoms with Crippen LogP contribution in [0, 0.1) is 5.92 Å². The third kappa shape index (κ3) is 4.78. The van der Waals surface area contributed by atoms with Gasteiger partial charge >= 0.3 is 0 Å². The maximum absolute atomic E-state index is 13.5. The number of carbonyl (C=O) groups is 3. The summed E-state index contributed by atoms with van der Waals surface area (Å²) in [7, 11) is 0. The van der Waals surface area contributed by atoms with Crippen LogP contribution in [-0.4, -0.2) is 79.8 Å². The lowest BCUT2D eigenvalue weighted by atomic mass is 9.93. The third-order valence-corrected chi connectivity index (χ3v) is 6.96. The third-order valence-electron chi connectivity index (χ3n) is 6.96. The summed E-state index contributed by atoms with van der Waals surface area (Å²) in [5.74, 6) is 1.14. The molecule has 2 N–H and O–H groups in total. The first-order valence-electron chi connectivity index (χ1n) is 11.5. The second kappa shape index (κ2) is 10.2. The van der Waals surface area contributed by atoms with Gasteiger partial charge in [0.1, 0.15) is 5.82 Å². The van der Waals surface area contributed by atoms with Gasteiger partial charge in [-0.05, 0) is 30.4 Å². The highest BCUT2D eigenvalue weighted by Gasteiger charge is 2.49. The summed E-state index contributed by atoms with van der Waals surface area (Å²) >= 11 is 0. The van der Waals surface area contributed by atoms with E-state index in [2.05, 4.69) is 40.0 Å². The molecule has 0 radical (unpaired) electrons. The van der Waals surface area contributed by atoms with Crippen molar-refractivity contribution < 1.29 is 19.5 Å². The molecule has 33 heavy (non-hydrogen) atoms. The maximum Gasteiger partial charge on any atom is 0.290 e. The van der Waals surface area contributed by atoms with Crippen LogP contribution in [0.5, 0.6) is 0 Å². The minimum absolute atomic E-state index is 0.0120. The Labute approximate surface area is 193 Å². The number of imidazole rings is 1. The van der Waals surface area contributed by atoms with Crippen molar-refractivity contribution in [3.63, 3.8) is 0 Å². The van der Waals surface area contributed by atoms with E-state index in [9.17, 15) is 9.59 Å². The highest BCUT2D eigenvalue weighted by Crippen LogP contribution is 2.37. The van der Waals surface area contributed by atoms with E-state index in [0.717, 1.165) is 38.2 Å². The maximum atomic E-state index is 13.5. The molecule has 3 atom stereocenters. The molecule has 9 heteroatoms. The van der Waals surface area contributed by atoms with Crippen LogP contribution in [0.25, 0.3) is 0 Å². The predicted molar refractivity (Wildman–Crippen MR) is 121 cm³/mol. The van der Waals surface area contributed by atoms with Crippen molar-refractivity contribution in [2.45, 2.75) is 51.4 Å². The van der Waals surface area contributed by atoms with Gasteiger partial charge in [-0.15, -0.1) is 0 Å². The molecule has 0 saturated carbocycles. The van der Waals surface area contributed by atoms with Crippen molar-refractivity contribution in [3.8, 4) is 0 Å². The number of nitrogens with zero attached hydrogens (tertiary/aromatic N) is 4. The molecule has 3 aliphatic rings. The first-order chi connectivity index (χ1) is 16.0. The molecule has 1 aromatic carbocycles. The Balaban J connectivity index is 0.000000821. The Morgan fingerprint density at radius 1 is 1.27 bits per heavy atom. The van der Waals surface area contributed by atoms with Crippen molar-refractivity contribution in [1.29, 1.82) is 0 Å². The first-order valence-corrected chi connectivity index (χ1v) is 11.5. The Kier molecular flexibility index (Phi) is 7.08. The summed E-state index contributed by atoms with van der Waals surface area (Å²) in [4.78, 5) is 48.5. The highest BCUT2D eigenvalue weighted by molar-refractivity contribution is 5.85. The van der Waals surface area contributed by atoms with E-state index >= 15 is 0 Å². The molecule has 1 aromatic heterocycles. The van der Waals surface area contributed by atoms with E-state index < -0.39 is 0 Å². The van der Waals surface area contributed by atoms with E-state index in [4.69, 9.17) is 9.90 Å². The van der Waals surface area contributed by atoms with Crippen molar-refractivity contribution in [3.05, 3.63) is 53.6 Å². The highest BCUT2D eigenvalue weighted by atomic mass is 16.3. The number of H-pyrrole nitrogens is 1. The summed E-state index contributed by atoms with van der Waals surface area (Å²) in [6.07, 6.45) is 6.04. The Morgan fingerprint density at radius 3 is 2.73 bits per heavy atom. The molecule has 0 bridgehead atoms. The van der Waals surface area contributed by atoms with E-state index in [1.165, 1.54) is 11.1 Å². The molecule has 4 heterocycles. The predicted octanol–water partition coefficient (Wildman–Crippen LogP) is 1.51. The van der Waals surface area contributed by atoms with Gasteiger partial charge in [-0.25, -0.2) is 4.98 Å². The quantitative estimate of drug-likeness (QED) is 0.679. The van der Waals surface area contributed by atoms with Crippen LogP contribution >= 0.6 is 0 Å². The summed E-state index contributed by atoms with van der Waals surface area (Å²) in [6.45, 7) is 5.14. The normalized spacial score (nSPS) is 24.5. The van der Waals surface area contributed by atoms with Crippen LogP contribution in [0.3, 0.4) is 0 Å². The fourth-order valence-corrected chi connectivity index (χ4v) is 5.60. The van der Waals surface area contributed by atoms with Gasteiger partial charge in [0.2, 0.25) is 11.8 Å². The minimum Gasteiger partial charge on any atom is -0.483 e. The fraction of sp³-hybridized carbons (Fsp3) is 0.500. The summed E-state index contributed by atoms with van der Waals surface area (Å²) in [5.41, 5.74) is 2.60. The number of hydrogen-bond acceptors (Lipinski definition) is 5. The second-order valence-electron chi connectivity index (χ2n) is 8.86.